The number of thioether (sulfide) groups is 1. The Kier molecular flexibility index (Phi) is 7.13. The summed E-state index contributed by atoms with van der Waals surface area (Å²) in [6.45, 7) is 4.86. The molecule has 1 rings (SSSR count). The summed E-state index contributed by atoms with van der Waals surface area (Å²) in [6, 6.07) is 7.75. The molecule has 0 radical (unpaired) electrons. The molecule has 1 aromatic rings. The number of hydrogen-bond acceptors (Lipinski definition) is 3. The summed E-state index contributed by atoms with van der Waals surface area (Å²) in [5.74, 6) is 3.11. The van der Waals surface area contributed by atoms with Crippen molar-refractivity contribution in [1.82, 2.24) is 0 Å². The molecule has 0 aliphatic carbocycles. The van der Waals surface area contributed by atoms with Crippen LogP contribution in [-0.4, -0.2) is 23.2 Å². The molecular weight excluding hydrogens is 232 g/mol. The Morgan fingerprint density at radius 1 is 1.29 bits per heavy atom. The van der Waals surface area contributed by atoms with E-state index in [9.17, 15) is 5.11 Å². The number of aliphatic hydroxyl groups excluding tert-OH is 1. The Bertz CT molecular complexity index is 315. The van der Waals surface area contributed by atoms with Crippen molar-refractivity contribution in [1.29, 1.82) is 0 Å². The van der Waals surface area contributed by atoms with Crippen molar-refractivity contribution in [2.75, 3.05) is 18.1 Å². The monoisotopic (exact) mass is 254 g/mol. The second-order valence-electron chi connectivity index (χ2n) is 3.86. The predicted molar refractivity (Wildman–Crippen MR) is 74.8 cm³/mol. The molecule has 0 bridgehead atoms. The van der Waals surface area contributed by atoms with Crippen LogP contribution >= 0.6 is 11.8 Å². The van der Waals surface area contributed by atoms with E-state index in [4.69, 9.17) is 4.74 Å². The van der Waals surface area contributed by atoms with Gasteiger partial charge >= 0.3 is 0 Å². The lowest BCUT2D eigenvalue weighted by Crippen LogP contribution is -2.04. The van der Waals surface area contributed by atoms with Crippen molar-refractivity contribution in [3.63, 3.8) is 0 Å². The van der Waals surface area contributed by atoms with Gasteiger partial charge in [0.25, 0.3) is 0 Å². The highest BCUT2D eigenvalue weighted by Crippen LogP contribution is 2.26. The molecule has 0 fully saturated rings. The van der Waals surface area contributed by atoms with E-state index in [1.807, 2.05) is 43.0 Å². The minimum Gasteiger partial charge on any atom is -0.493 e. The number of aliphatic hydroxyl groups is 1. The third-order valence-electron chi connectivity index (χ3n) is 2.56. The molecule has 1 aromatic carbocycles. The van der Waals surface area contributed by atoms with Gasteiger partial charge in [0.2, 0.25) is 0 Å². The van der Waals surface area contributed by atoms with Crippen molar-refractivity contribution in [2.45, 2.75) is 32.8 Å². The van der Waals surface area contributed by atoms with E-state index in [0.29, 0.717) is 6.42 Å². The first-order valence-electron chi connectivity index (χ1n) is 6.27. The topological polar surface area (TPSA) is 29.5 Å². The van der Waals surface area contributed by atoms with Gasteiger partial charge in [0.15, 0.2) is 0 Å². The van der Waals surface area contributed by atoms with Crippen LogP contribution < -0.4 is 4.74 Å². The molecule has 1 N–H and O–H groups in total. The fourth-order valence-electron chi connectivity index (χ4n) is 1.59. The number of ether oxygens (including phenoxy) is 1. The van der Waals surface area contributed by atoms with Gasteiger partial charge in [0.1, 0.15) is 5.75 Å². The quantitative estimate of drug-likeness (QED) is 0.718. The van der Waals surface area contributed by atoms with Crippen LogP contribution in [0.15, 0.2) is 24.3 Å². The van der Waals surface area contributed by atoms with E-state index in [1.165, 1.54) is 0 Å². The summed E-state index contributed by atoms with van der Waals surface area (Å²) in [5, 5.41) is 9.87. The summed E-state index contributed by atoms with van der Waals surface area (Å²) in [7, 11) is 0. The van der Waals surface area contributed by atoms with Gasteiger partial charge in [-0.2, -0.15) is 11.8 Å². The highest BCUT2D eigenvalue weighted by Gasteiger charge is 2.10. The largest absolute Gasteiger partial charge is 0.493 e. The van der Waals surface area contributed by atoms with Crippen LogP contribution in [0, 0.1) is 0 Å². The number of rotatable bonds is 8. The zero-order valence-electron chi connectivity index (χ0n) is 10.7. The molecule has 96 valence electrons. The Hall–Kier alpha value is -0.670. The zero-order chi connectivity index (χ0) is 12.5. The van der Waals surface area contributed by atoms with E-state index in [2.05, 4.69) is 6.92 Å². The molecular formula is C14H22O2S. The molecule has 0 aliphatic rings. The number of para-hydroxylation sites is 1. The summed E-state index contributed by atoms with van der Waals surface area (Å²) < 4.78 is 5.73. The molecule has 3 heteroatoms. The molecule has 0 spiro atoms. The van der Waals surface area contributed by atoms with Crippen LogP contribution in [0.2, 0.25) is 0 Å². The predicted octanol–water partition coefficient (Wildman–Crippen LogP) is 3.65. The van der Waals surface area contributed by atoms with Crippen molar-refractivity contribution >= 4 is 11.8 Å². The average Bonchev–Trinajstić information content (AvgIpc) is 2.38. The van der Waals surface area contributed by atoms with Gasteiger partial charge < -0.3 is 9.84 Å². The van der Waals surface area contributed by atoms with Crippen LogP contribution in [0.4, 0.5) is 0 Å². The first-order valence-corrected chi connectivity index (χ1v) is 7.42. The molecule has 0 saturated carbocycles. The Labute approximate surface area is 108 Å². The Morgan fingerprint density at radius 2 is 2.06 bits per heavy atom. The maximum atomic E-state index is 9.87. The molecule has 0 unspecified atom stereocenters. The molecule has 0 aromatic heterocycles. The van der Waals surface area contributed by atoms with Gasteiger partial charge in [-0.3, -0.25) is 0 Å². The normalized spacial score (nSPS) is 12.4. The van der Waals surface area contributed by atoms with E-state index in [0.717, 1.165) is 35.8 Å². The minimum absolute atomic E-state index is 0.420. The van der Waals surface area contributed by atoms with Gasteiger partial charge in [-0.05, 0) is 30.4 Å². The average molecular weight is 254 g/mol. The third-order valence-corrected chi connectivity index (χ3v) is 3.55. The molecule has 2 nitrogen and oxygen atoms in total. The van der Waals surface area contributed by atoms with Crippen molar-refractivity contribution in [3.05, 3.63) is 29.8 Å². The van der Waals surface area contributed by atoms with Gasteiger partial charge in [-0.25, -0.2) is 0 Å². The van der Waals surface area contributed by atoms with E-state index >= 15 is 0 Å². The lowest BCUT2D eigenvalue weighted by atomic mass is 10.1. The summed E-state index contributed by atoms with van der Waals surface area (Å²) in [4.78, 5) is 0. The van der Waals surface area contributed by atoms with Crippen molar-refractivity contribution in [3.8, 4) is 5.75 Å². The molecule has 0 aliphatic heterocycles. The molecule has 0 amide bonds. The highest BCUT2D eigenvalue weighted by molar-refractivity contribution is 7.99. The molecule has 1 atom stereocenters. The minimum atomic E-state index is -0.420. The molecule has 0 heterocycles. The summed E-state index contributed by atoms with van der Waals surface area (Å²) >= 11 is 1.93. The smallest absolute Gasteiger partial charge is 0.125 e. The lowest BCUT2D eigenvalue weighted by molar-refractivity contribution is 0.167. The Balaban J connectivity index is 2.46. The Morgan fingerprint density at radius 3 is 2.76 bits per heavy atom. The van der Waals surface area contributed by atoms with Gasteiger partial charge in [0, 0.05) is 5.56 Å². The molecule has 17 heavy (non-hydrogen) atoms. The van der Waals surface area contributed by atoms with Crippen LogP contribution in [0.3, 0.4) is 0 Å². The molecule has 0 saturated heterocycles. The standard InChI is InChI=1S/C14H22O2S/c1-3-13(15)12-8-5-6-9-14(12)16-10-7-11-17-4-2/h5-6,8-9,13,15H,3-4,7,10-11H2,1-2H3/t13-/m0/s1. The van der Waals surface area contributed by atoms with Crippen LogP contribution in [0.5, 0.6) is 5.75 Å². The summed E-state index contributed by atoms with van der Waals surface area (Å²) in [5.41, 5.74) is 0.901. The van der Waals surface area contributed by atoms with Gasteiger partial charge in [-0.1, -0.05) is 32.0 Å². The lowest BCUT2D eigenvalue weighted by Gasteiger charge is -2.14. The van der Waals surface area contributed by atoms with Gasteiger partial charge in [-0.15, -0.1) is 0 Å². The second-order valence-corrected chi connectivity index (χ2v) is 5.25. The highest BCUT2D eigenvalue weighted by atomic mass is 32.2. The van der Waals surface area contributed by atoms with E-state index in [1.54, 1.807) is 0 Å². The van der Waals surface area contributed by atoms with Crippen LogP contribution in [-0.2, 0) is 0 Å². The maximum absolute atomic E-state index is 9.87. The van der Waals surface area contributed by atoms with Gasteiger partial charge in [0.05, 0.1) is 12.7 Å². The fraction of sp³-hybridized carbons (Fsp3) is 0.571. The SMILES string of the molecule is CCSCCCOc1ccccc1[C@@H](O)CC. The summed E-state index contributed by atoms with van der Waals surface area (Å²) in [6.07, 6.45) is 1.34. The van der Waals surface area contributed by atoms with Crippen LogP contribution in [0.25, 0.3) is 0 Å². The van der Waals surface area contributed by atoms with Crippen molar-refractivity contribution in [2.24, 2.45) is 0 Å². The zero-order valence-corrected chi connectivity index (χ0v) is 11.5. The second kappa shape index (κ2) is 8.43. The van der Waals surface area contributed by atoms with E-state index in [-0.39, 0.29) is 0 Å². The van der Waals surface area contributed by atoms with E-state index < -0.39 is 6.10 Å². The first kappa shape index (κ1) is 14.4. The van der Waals surface area contributed by atoms with Crippen LogP contribution in [0.1, 0.15) is 38.4 Å². The van der Waals surface area contributed by atoms with Crippen molar-refractivity contribution < 1.29 is 9.84 Å². The maximum Gasteiger partial charge on any atom is 0.125 e. The first-order chi connectivity index (χ1) is 8.29. The number of hydrogen-bond donors (Lipinski definition) is 1. The fourth-order valence-corrected chi connectivity index (χ4v) is 2.21. The number of benzene rings is 1. The third kappa shape index (κ3) is 5.00.